The highest BCUT2D eigenvalue weighted by Gasteiger charge is 2.11. The number of rotatable bonds is 3. The Bertz CT molecular complexity index is 799. The fourth-order valence-corrected chi connectivity index (χ4v) is 3.12. The molecule has 0 bridgehead atoms. The zero-order valence-electron chi connectivity index (χ0n) is 12.1. The van der Waals surface area contributed by atoms with E-state index in [0.29, 0.717) is 11.6 Å². The first kappa shape index (κ1) is 13.9. The zero-order valence-corrected chi connectivity index (χ0v) is 12.9. The summed E-state index contributed by atoms with van der Waals surface area (Å²) in [5.41, 5.74) is 9.22. The Kier molecular flexibility index (Phi) is 3.80. The van der Waals surface area contributed by atoms with Crippen LogP contribution >= 0.6 is 11.8 Å². The molecule has 2 aromatic carbocycles. The van der Waals surface area contributed by atoms with Crippen LogP contribution in [0.25, 0.3) is 22.3 Å². The van der Waals surface area contributed by atoms with Gasteiger partial charge in [-0.25, -0.2) is 9.97 Å². The van der Waals surface area contributed by atoms with Gasteiger partial charge >= 0.3 is 0 Å². The standard InChI is InChI=1S/C17H17N3S/c1-3-21-15-7-5-4-6-13(15)17-19-14-10-11(2)8-9-12(14)16(18)20-17/h4-10H,3H2,1-2H3,(H2,18,19,20). The summed E-state index contributed by atoms with van der Waals surface area (Å²) in [6.45, 7) is 4.19. The van der Waals surface area contributed by atoms with Gasteiger partial charge in [-0.15, -0.1) is 11.8 Å². The van der Waals surface area contributed by atoms with E-state index in [1.54, 1.807) is 11.8 Å². The van der Waals surface area contributed by atoms with Gasteiger partial charge in [0, 0.05) is 15.8 Å². The highest BCUT2D eigenvalue weighted by molar-refractivity contribution is 7.99. The predicted molar refractivity (Wildman–Crippen MR) is 90.5 cm³/mol. The summed E-state index contributed by atoms with van der Waals surface area (Å²) in [4.78, 5) is 10.4. The van der Waals surface area contributed by atoms with Crippen LogP contribution in [0.3, 0.4) is 0 Å². The molecule has 1 aromatic heterocycles. The van der Waals surface area contributed by atoms with E-state index >= 15 is 0 Å². The van der Waals surface area contributed by atoms with Crippen LogP contribution in [0.4, 0.5) is 5.82 Å². The lowest BCUT2D eigenvalue weighted by Gasteiger charge is -2.09. The van der Waals surface area contributed by atoms with Crippen molar-refractivity contribution in [3.05, 3.63) is 48.0 Å². The molecule has 0 amide bonds. The Labute approximate surface area is 128 Å². The average molecular weight is 295 g/mol. The number of aromatic nitrogens is 2. The summed E-state index contributed by atoms with van der Waals surface area (Å²) in [6.07, 6.45) is 0. The second-order valence-electron chi connectivity index (χ2n) is 4.88. The Hall–Kier alpha value is -2.07. The minimum absolute atomic E-state index is 0.534. The molecule has 106 valence electrons. The number of benzene rings is 2. The molecule has 0 spiro atoms. The Morgan fingerprint density at radius 3 is 2.71 bits per heavy atom. The molecule has 4 heteroatoms. The number of aryl methyl sites for hydroxylation is 1. The molecule has 3 nitrogen and oxygen atoms in total. The maximum atomic E-state index is 6.11. The second kappa shape index (κ2) is 5.74. The van der Waals surface area contributed by atoms with E-state index in [1.807, 2.05) is 36.4 Å². The topological polar surface area (TPSA) is 51.8 Å². The Morgan fingerprint density at radius 2 is 1.90 bits per heavy atom. The van der Waals surface area contributed by atoms with Crippen molar-refractivity contribution < 1.29 is 0 Å². The molecule has 3 rings (SSSR count). The van der Waals surface area contributed by atoms with Crippen LogP contribution in [0.1, 0.15) is 12.5 Å². The first-order valence-electron chi connectivity index (χ1n) is 6.95. The van der Waals surface area contributed by atoms with Crippen molar-refractivity contribution in [3.63, 3.8) is 0 Å². The molecule has 0 aliphatic heterocycles. The van der Waals surface area contributed by atoms with Crippen molar-refractivity contribution in [1.29, 1.82) is 0 Å². The molecular weight excluding hydrogens is 278 g/mol. The molecular formula is C17H17N3S. The van der Waals surface area contributed by atoms with Crippen LogP contribution < -0.4 is 5.73 Å². The van der Waals surface area contributed by atoms with E-state index in [4.69, 9.17) is 10.7 Å². The minimum atomic E-state index is 0.534. The largest absolute Gasteiger partial charge is 0.383 e. The van der Waals surface area contributed by atoms with E-state index in [1.165, 1.54) is 10.5 Å². The van der Waals surface area contributed by atoms with Crippen LogP contribution in [0.2, 0.25) is 0 Å². The van der Waals surface area contributed by atoms with Gasteiger partial charge in [-0.2, -0.15) is 0 Å². The van der Waals surface area contributed by atoms with E-state index in [9.17, 15) is 0 Å². The highest BCUT2D eigenvalue weighted by Crippen LogP contribution is 2.31. The Morgan fingerprint density at radius 1 is 1.10 bits per heavy atom. The summed E-state index contributed by atoms with van der Waals surface area (Å²) in [7, 11) is 0. The third-order valence-corrected chi connectivity index (χ3v) is 4.27. The van der Waals surface area contributed by atoms with Crippen LogP contribution in [-0.4, -0.2) is 15.7 Å². The van der Waals surface area contributed by atoms with Gasteiger partial charge in [-0.1, -0.05) is 31.2 Å². The molecule has 0 saturated carbocycles. The van der Waals surface area contributed by atoms with Gasteiger partial charge in [0.05, 0.1) is 5.52 Å². The number of nitrogens with zero attached hydrogens (tertiary/aromatic N) is 2. The SMILES string of the molecule is CCSc1ccccc1-c1nc(N)c2ccc(C)cc2n1. The molecule has 0 saturated heterocycles. The normalized spacial score (nSPS) is 11.0. The molecule has 0 radical (unpaired) electrons. The number of hydrogen-bond donors (Lipinski definition) is 1. The molecule has 1 heterocycles. The van der Waals surface area contributed by atoms with Gasteiger partial charge in [-0.3, -0.25) is 0 Å². The van der Waals surface area contributed by atoms with Crippen molar-refractivity contribution in [2.45, 2.75) is 18.7 Å². The predicted octanol–water partition coefficient (Wildman–Crippen LogP) is 4.30. The van der Waals surface area contributed by atoms with Gasteiger partial charge in [0.2, 0.25) is 0 Å². The number of fused-ring (bicyclic) bond motifs is 1. The van der Waals surface area contributed by atoms with Crippen molar-refractivity contribution in [2.75, 3.05) is 11.5 Å². The van der Waals surface area contributed by atoms with E-state index in [-0.39, 0.29) is 0 Å². The number of thioether (sulfide) groups is 1. The summed E-state index contributed by atoms with van der Waals surface area (Å²) >= 11 is 1.79. The number of nitrogens with two attached hydrogens (primary N) is 1. The molecule has 21 heavy (non-hydrogen) atoms. The smallest absolute Gasteiger partial charge is 0.163 e. The molecule has 0 fully saturated rings. The lowest BCUT2D eigenvalue weighted by atomic mass is 10.1. The quantitative estimate of drug-likeness (QED) is 0.732. The van der Waals surface area contributed by atoms with Crippen molar-refractivity contribution in [2.24, 2.45) is 0 Å². The van der Waals surface area contributed by atoms with Crippen molar-refractivity contribution in [3.8, 4) is 11.4 Å². The number of anilines is 1. The van der Waals surface area contributed by atoms with E-state index < -0.39 is 0 Å². The second-order valence-corrected chi connectivity index (χ2v) is 6.19. The maximum absolute atomic E-state index is 6.11. The average Bonchev–Trinajstić information content (AvgIpc) is 2.47. The minimum Gasteiger partial charge on any atom is -0.383 e. The van der Waals surface area contributed by atoms with Crippen LogP contribution in [0.5, 0.6) is 0 Å². The molecule has 3 aromatic rings. The van der Waals surface area contributed by atoms with Crippen molar-refractivity contribution in [1.82, 2.24) is 9.97 Å². The summed E-state index contributed by atoms with van der Waals surface area (Å²) in [5.74, 6) is 2.24. The third-order valence-electron chi connectivity index (χ3n) is 3.31. The number of hydrogen-bond acceptors (Lipinski definition) is 4. The van der Waals surface area contributed by atoms with Gasteiger partial charge in [-0.05, 0) is 36.4 Å². The summed E-state index contributed by atoms with van der Waals surface area (Å²) in [6, 6.07) is 14.3. The van der Waals surface area contributed by atoms with E-state index in [2.05, 4.69) is 24.9 Å². The first-order valence-corrected chi connectivity index (χ1v) is 7.93. The third kappa shape index (κ3) is 2.72. The monoisotopic (exact) mass is 295 g/mol. The van der Waals surface area contributed by atoms with E-state index in [0.717, 1.165) is 22.2 Å². The molecule has 0 unspecified atom stereocenters. The Balaban J connectivity index is 2.21. The van der Waals surface area contributed by atoms with Crippen LogP contribution in [-0.2, 0) is 0 Å². The highest BCUT2D eigenvalue weighted by atomic mass is 32.2. The lowest BCUT2D eigenvalue weighted by Crippen LogP contribution is -1.99. The van der Waals surface area contributed by atoms with Gasteiger partial charge in [0.15, 0.2) is 5.82 Å². The van der Waals surface area contributed by atoms with Crippen molar-refractivity contribution >= 4 is 28.5 Å². The first-order chi connectivity index (χ1) is 10.2. The lowest BCUT2D eigenvalue weighted by molar-refractivity contribution is 1.21. The number of nitrogen functional groups attached to an aromatic ring is 1. The van der Waals surface area contributed by atoms with Gasteiger partial charge < -0.3 is 5.73 Å². The van der Waals surface area contributed by atoms with Gasteiger partial charge in [0.25, 0.3) is 0 Å². The fraction of sp³-hybridized carbons (Fsp3) is 0.176. The molecule has 2 N–H and O–H groups in total. The fourth-order valence-electron chi connectivity index (χ4n) is 2.32. The molecule has 0 aliphatic carbocycles. The molecule has 0 aliphatic rings. The summed E-state index contributed by atoms with van der Waals surface area (Å²) < 4.78 is 0. The summed E-state index contributed by atoms with van der Waals surface area (Å²) in [5, 5.41) is 0.907. The zero-order chi connectivity index (χ0) is 14.8. The van der Waals surface area contributed by atoms with Gasteiger partial charge in [0.1, 0.15) is 5.82 Å². The molecule has 0 atom stereocenters. The van der Waals surface area contributed by atoms with Crippen LogP contribution in [0.15, 0.2) is 47.4 Å². The van der Waals surface area contributed by atoms with Crippen LogP contribution in [0, 0.1) is 6.92 Å². The maximum Gasteiger partial charge on any atom is 0.163 e.